The Hall–Kier alpha value is -1.76. The standard InChI is InChI=1S/C17H14Cl2FN3OS/c1-23-16(9-24-12-7-5-11(20)6-8-12)21-22-17(23)25-10-13-14(18)3-2-4-15(13)19/h2-8H,9-10H2,1H3. The van der Waals surface area contributed by atoms with E-state index in [1.165, 1.54) is 23.9 Å². The van der Waals surface area contributed by atoms with E-state index in [2.05, 4.69) is 10.2 Å². The monoisotopic (exact) mass is 397 g/mol. The average molecular weight is 398 g/mol. The van der Waals surface area contributed by atoms with Gasteiger partial charge in [0.15, 0.2) is 11.0 Å². The number of ether oxygens (including phenoxy) is 1. The predicted molar refractivity (Wildman–Crippen MR) is 97.8 cm³/mol. The Morgan fingerprint density at radius 3 is 2.44 bits per heavy atom. The fraction of sp³-hybridized carbons (Fsp3) is 0.176. The summed E-state index contributed by atoms with van der Waals surface area (Å²) in [6.07, 6.45) is 0. The number of rotatable bonds is 6. The number of hydrogen-bond donors (Lipinski definition) is 0. The molecule has 0 atom stereocenters. The first-order valence-electron chi connectivity index (χ1n) is 7.37. The lowest BCUT2D eigenvalue weighted by atomic mass is 10.2. The molecule has 3 rings (SSSR count). The Morgan fingerprint density at radius 1 is 1.08 bits per heavy atom. The number of halogens is 3. The van der Waals surface area contributed by atoms with E-state index in [0.29, 0.717) is 27.4 Å². The highest BCUT2D eigenvalue weighted by Gasteiger charge is 2.12. The van der Waals surface area contributed by atoms with Gasteiger partial charge >= 0.3 is 0 Å². The first-order valence-corrected chi connectivity index (χ1v) is 9.11. The molecule has 0 aliphatic rings. The predicted octanol–water partition coefficient (Wildman–Crippen LogP) is 5.13. The molecule has 0 saturated carbocycles. The quantitative estimate of drug-likeness (QED) is 0.540. The van der Waals surface area contributed by atoms with Crippen molar-refractivity contribution in [3.05, 3.63) is 69.7 Å². The summed E-state index contributed by atoms with van der Waals surface area (Å²) in [6.45, 7) is 0.239. The topological polar surface area (TPSA) is 39.9 Å². The maximum absolute atomic E-state index is 12.9. The zero-order chi connectivity index (χ0) is 17.8. The van der Waals surface area contributed by atoms with Gasteiger partial charge in [0, 0.05) is 22.8 Å². The molecule has 25 heavy (non-hydrogen) atoms. The molecule has 0 unspecified atom stereocenters. The van der Waals surface area contributed by atoms with Gasteiger partial charge in [-0.1, -0.05) is 41.0 Å². The molecule has 0 radical (unpaired) electrons. The molecular weight excluding hydrogens is 384 g/mol. The number of benzene rings is 2. The fourth-order valence-corrected chi connectivity index (χ4v) is 3.75. The van der Waals surface area contributed by atoms with Crippen LogP contribution in [0.5, 0.6) is 5.75 Å². The minimum Gasteiger partial charge on any atom is -0.486 e. The molecule has 2 aromatic carbocycles. The molecule has 0 amide bonds. The van der Waals surface area contributed by atoms with E-state index >= 15 is 0 Å². The molecule has 0 bridgehead atoms. The largest absolute Gasteiger partial charge is 0.486 e. The molecule has 0 fully saturated rings. The maximum atomic E-state index is 12.9. The smallest absolute Gasteiger partial charge is 0.191 e. The first kappa shape index (κ1) is 18.0. The number of hydrogen-bond acceptors (Lipinski definition) is 4. The molecule has 130 valence electrons. The Bertz CT molecular complexity index is 851. The minimum absolute atomic E-state index is 0.239. The van der Waals surface area contributed by atoms with Crippen LogP contribution in [0.2, 0.25) is 10.0 Å². The molecule has 1 heterocycles. The van der Waals surface area contributed by atoms with Crippen molar-refractivity contribution in [1.29, 1.82) is 0 Å². The average Bonchev–Trinajstić information content (AvgIpc) is 2.94. The van der Waals surface area contributed by atoms with Gasteiger partial charge in [-0.25, -0.2) is 4.39 Å². The molecule has 3 aromatic rings. The number of thioether (sulfide) groups is 1. The van der Waals surface area contributed by atoms with Crippen LogP contribution in [0, 0.1) is 5.82 Å². The van der Waals surface area contributed by atoms with Gasteiger partial charge in [-0.05, 0) is 42.0 Å². The summed E-state index contributed by atoms with van der Waals surface area (Å²) >= 11 is 13.9. The molecule has 0 aliphatic heterocycles. The van der Waals surface area contributed by atoms with Gasteiger partial charge in [0.25, 0.3) is 0 Å². The third-order valence-corrected chi connectivity index (χ3v) is 5.27. The van der Waals surface area contributed by atoms with E-state index < -0.39 is 0 Å². The van der Waals surface area contributed by atoms with E-state index in [-0.39, 0.29) is 12.4 Å². The van der Waals surface area contributed by atoms with Crippen molar-refractivity contribution in [1.82, 2.24) is 14.8 Å². The summed E-state index contributed by atoms with van der Waals surface area (Å²) in [7, 11) is 1.86. The van der Waals surface area contributed by atoms with Gasteiger partial charge in [-0.3, -0.25) is 0 Å². The molecule has 0 spiro atoms. The lowest BCUT2D eigenvalue weighted by Crippen LogP contribution is -2.04. The summed E-state index contributed by atoms with van der Waals surface area (Å²) < 4.78 is 20.3. The summed E-state index contributed by atoms with van der Waals surface area (Å²) in [5, 5.41) is 10.3. The molecule has 1 aromatic heterocycles. The second kappa shape index (κ2) is 8.08. The van der Waals surface area contributed by atoms with Crippen molar-refractivity contribution >= 4 is 35.0 Å². The third kappa shape index (κ3) is 4.45. The molecular formula is C17H14Cl2FN3OS. The van der Waals surface area contributed by atoms with Crippen LogP contribution in [-0.4, -0.2) is 14.8 Å². The van der Waals surface area contributed by atoms with Crippen molar-refractivity contribution in [2.45, 2.75) is 17.5 Å². The summed E-state index contributed by atoms with van der Waals surface area (Å²) in [5.41, 5.74) is 0.864. The zero-order valence-corrected chi connectivity index (χ0v) is 15.6. The van der Waals surface area contributed by atoms with E-state index in [9.17, 15) is 4.39 Å². The van der Waals surface area contributed by atoms with Crippen molar-refractivity contribution in [2.24, 2.45) is 7.05 Å². The van der Waals surface area contributed by atoms with Crippen LogP contribution in [0.1, 0.15) is 11.4 Å². The Kier molecular flexibility index (Phi) is 5.83. The van der Waals surface area contributed by atoms with Crippen molar-refractivity contribution in [3.63, 3.8) is 0 Å². The van der Waals surface area contributed by atoms with E-state index in [1.807, 2.05) is 29.8 Å². The highest BCUT2D eigenvalue weighted by atomic mass is 35.5. The Balaban J connectivity index is 1.64. The second-order valence-electron chi connectivity index (χ2n) is 5.19. The molecule has 0 aliphatic carbocycles. The van der Waals surface area contributed by atoms with Gasteiger partial charge in [0.2, 0.25) is 0 Å². The highest BCUT2D eigenvalue weighted by Crippen LogP contribution is 2.30. The summed E-state index contributed by atoms with van der Waals surface area (Å²) in [5.74, 6) is 1.52. The second-order valence-corrected chi connectivity index (χ2v) is 6.95. The minimum atomic E-state index is -0.303. The summed E-state index contributed by atoms with van der Waals surface area (Å²) in [6, 6.07) is 11.3. The van der Waals surface area contributed by atoms with E-state index in [0.717, 1.165) is 10.7 Å². The van der Waals surface area contributed by atoms with Crippen LogP contribution in [-0.2, 0) is 19.4 Å². The van der Waals surface area contributed by atoms with Crippen molar-refractivity contribution < 1.29 is 9.13 Å². The van der Waals surface area contributed by atoms with Crippen LogP contribution in [0.25, 0.3) is 0 Å². The van der Waals surface area contributed by atoms with Crippen LogP contribution < -0.4 is 4.74 Å². The Morgan fingerprint density at radius 2 is 1.76 bits per heavy atom. The van der Waals surface area contributed by atoms with Crippen LogP contribution >= 0.6 is 35.0 Å². The lowest BCUT2D eigenvalue weighted by molar-refractivity contribution is 0.290. The fourth-order valence-electron chi connectivity index (χ4n) is 2.08. The van der Waals surface area contributed by atoms with Gasteiger partial charge < -0.3 is 9.30 Å². The molecule has 4 nitrogen and oxygen atoms in total. The van der Waals surface area contributed by atoms with Gasteiger partial charge in [-0.2, -0.15) is 0 Å². The zero-order valence-electron chi connectivity index (χ0n) is 13.2. The van der Waals surface area contributed by atoms with Gasteiger partial charge in [0.05, 0.1) is 0 Å². The number of nitrogens with zero attached hydrogens (tertiary/aromatic N) is 3. The molecule has 0 N–H and O–H groups in total. The van der Waals surface area contributed by atoms with Crippen LogP contribution in [0.4, 0.5) is 4.39 Å². The van der Waals surface area contributed by atoms with E-state index in [1.54, 1.807) is 12.1 Å². The highest BCUT2D eigenvalue weighted by molar-refractivity contribution is 7.98. The van der Waals surface area contributed by atoms with Crippen LogP contribution in [0.3, 0.4) is 0 Å². The van der Waals surface area contributed by atoms with Crippen LogP contribution in [0.15, 0.2) is 47.6 Å². The summed E-state index contributed by atoms with van der Waals surface area (Å²) in [4.78, 5) is 0. The SMILES string of the molecule is Cn1c(COc2ccc(F)cc2)nnc1SCc1c(Cl)cccc1Cl. The molecule has 0 saturated heterocycles. The number of aromatic nitrogens is 3. The van der Waals surface area contributed by atoms with Crippen molar-refractivity contribution in [2.75, 3.05) is 0 Å². The molecule has 8 heteroatoms. The van der Waals surface area contributed by atoms with Gasteiger partial charge in [0.1, 0.15) is 18.2 Å². The normalized spacial score (nSPS) is 10.9. The van der Waals surface area contributed by atoms with E-state index in [4.69, 9.17) is 27.9 Å². The maximum Gasteiger partial charge on any atom is 0.191 e. The van der Waals surface area contributed by atoms with Gasteiger partial charge in [-0.15, -0.1) is 10.2 Å². The Labute approximate surface area is 158 Å². The lowest BCUT2D eigenvalue weighted by Gasteiger charge is -2.08. The van der Waals surface area contributed by atoms with Crippen molar-refractivity contribution in [3.8, 4) is 5.75 Å². The first-order chi connectivity index (χ1) is 12.0. The third-order valence-electron chi connectivity index (χ3n) is 3.51.